The van der Waals surface area contributed by atoms with Crippen LogP contribution >= 0.6 is 12.6 Å². The fourth-order valence-corrected chi connectivity index (χ4v) is 5.84. The molecular formula is C33H26N2S. The minimum Gasteiger partial charge on any atom is -0.355 e. The molecule has 0 heterocycles. The number of rotatable bonds is 5. The van der Waals surface area contributed by atoms with E-state index in [1.54, 1.807) is 0 Å². The highest BCUT2D eigenvalue weighted by Gasteiger charge is 2.43. The van der Waals surface area contributed by atoms with Gasteiger partial charge in [0.15, 0.2) is 0 Å². The molecule has 5 aromatic carbocycles. The number of nitrogens with one attached hydrogen (secondary N) is 1. The summed E-state index contributed by atoms with van der Waals surface area (Å²) in [4.78, 5) is 3.37. The van der Waals surface area contributed by atoms with Crippen molar-refractivity contribution in [2.45, 2.75) is 17.2 Å². The molecule has 2 nitrogen and oxygen atoms in total. The number of anilines is 5. The molecule has 5 aromatic rings. The molecule has 0 aromatic heterocycles. The number of allylic oxidation sites excluding steroid dienone is 1. The first-order valence-electron chi connectivity index (χ1n) is 12.5. The second-order valence-corrected chi connectivity index (χ2v) is 10.2. The van der Waals surface area contributed by atoms with Crippen molar-refractivity contribution in [1.82, 2.24) is 0 Å². The molecule has 2 aliphatic rings. The monoisotopic (exact) mass is 482 g/mol. The van der Waals surface area contributed by atoms with Crippen molar-refractivity contribution < 1.29 is 0 Å². The van der Waals surface area contributed by atoms with Crippen LogP contribution in [0, 0.1) is 5.92 Å². The molecule has 1 N–H and O–H groups in total. The van der Waals surface area contributed by atoms with E-state index in [2.05, 4.69) is 132 Å². The van der Waals surface area contributed by atoms with Crippen LogP contribution in [0.5, 0.6) is 0 Å². The predicted octanol–water partition coefficient (Wildman–Crippen LogP) is 9.47. The Morgan fingerprint density at radius 2 is 1.36 bits per heavy atom. The van der Waals surface area contributed by atoms with Crippen LogP contribution in [0.15, 0.2) is 120 Å². The molecule has 0 saturated heterocycles. The van der Waals surface area contributed by atoms with E-state index in [1.165, 1.54) is 39.7 Å². The van der Waals surface area contributed by atoms with Gasteiger partial charge in [-0.2, -0.15) is 0 Å². The van der Waals surface area contributed by atoms with Crippen molar-refractivity contribution in [3.05, 3.63) is 126 Å². The molecule has 1 saturated carbocycles. The Morgan fingerprint density at radius 1 is 0.722 bits per heavy atom. The summed E-state index contributed by atoms with van der Waals surface area (Å²) in [5.41, 5.74) is 8.57. The molecule has 174 valence electrons. The summed E-state index contributed by atoms with van der Waals surface area (Å²) < 4.78 is 0. The third kappa shape index (κ3) is 3.59. The molecule has 36 heavy (non-hydrogen) atoms. The Hall–Kier alpha value is -3.95. The molecular weight excluding hydrogens is 456 g/mol. The second-order valence-electron chi connectivity index (χ2n) is 9.64. The van der Waals surface area contributed by atoms with Gasteiger partial charge in [-0.1, -0.05) is 72.8 Å². The molecule has 1 fully saturated rings. The third-order valence-corrected chi connectivity index (χ3v) is 7.64. The molecule has 2 unspecified atom stereocenters. The van der Waals surface area contributed by atoms with Gasteiger partial charge in [0.2, 0.25) is 0 Å². The van der Waals surface area contributed by atoms with E-state index in [4.69, 9.17) is 12.6 Å². The van der Waals surface area contributed by atoms with E-state index in [0.29, 0.717) is 11.8 Å². The molecule has 2 atom stereocenters. The molecule has 0 bridgehead atoms. The first-order chi connectivity index (χ1) is 17.8. The number of para-hydroxylation sites is 3. The zero-order chi connectivity index (χ0) is 24.1. The lowest BCUT2D eigenvalue weighted by molar-refractivity contribution is 0.998. The summed E-state index contributed by atoms with van der Waals surface area (Å²) >= 11 is 4.78. The molecule has 3 heteroatoms. The van der Waals surface area contributed by atoms with Crippen molar-refractivity contribution >= 4 is 57.9 Å². The zero-order valence-corrected chi connectivity index (χ0v) is 20.7. The summed E-state index contributed by atoms with van der Waals surface area (Å²) in [7, 11) is 0. The standard InChI is InChI=1S/C33H26N2S/c36-26-17-19-27-30(21-26)33(35(24-12-6-2-7-13-24)25-14-8-3-9-15-25)28-18-16-22-20-29(22)31(28)32(27)34-23-10-4-1-5-11-23/h1-19,21-22,29,34,36H,20H2. The first-order valence-corrected chi connectivity index (χ1v) is 13.0. The lowest BCUT2D eigenvalue weighted by Gasteiger charge is -2.32. The Labute approximate surface area is 217 Å². The Kier molecular flexibility index (Phi) is 5.11. The number of hydrogen-bond acceptors (Lipinski definition) is 3. The molecule has 0 aliphatic heterocycles. The Balaban J connectivity index is 1.58. The molecule has 7 rings (SSSR count). The SMILES string of the molecule is Sc1ccc2c(Nc3ccccc3)c3c(c(N(c4ccccc4)c4ccccc4)c2c1)C=CC1CC31. The molecule has 2 aliphatic carbocycles. The maximum atomic E-state index is 4.78. The maximum Gasteiger partial charge on any atom is 0.0617 e. The highest BCUT2D eigenvalue weighted by Crippen LogP contribution is 2.60. The summed E-state index contributed by atoms with van der Waals surface area (Å²) in [6, 6.07) is 38.5. The number of benzene rings is 5. The van der Waals surface area contributed by atoms with Crippen LogP contribution in [0.2, 0.25) is 0 Å². The zero-order valence-electron chi connectivity index (χ0n) is 19.8. The van der Waals surface area contributed by atoms with Crippen LogP contribution in [0.1, 0.15) is 23.5 Å². The van der Waals surface area contributed by atoms with Crippen LogP contribution < -0.4 is 10.2 Å². The van der Waals surface area contributed by atoms with Gasteiger partial charge in [-0.25, -0.2) is 0 Å². The largest absolute Gasteiger partial charge is 0.355 e. The fourth-order valence-electron chi connectivity index (χ4n) is 5.63. The van der Waals surface area contributed by atoms with E-state index >= 15 is 0 Å². The highest BCUT2D eigenvalue weighted by atomic mass is 32.1. The maximum absolute atomic E-state index is 4.78. The molecule has 0 spiro atoms. The highest BCUT2D eigenvalue weighted by molar-refractivity contribution is 7.80. The van der Waals surface area contributed by atoms with Gasteiger partial charge in [0.05, 0.1) is 11.4 Å². The number of thiol groups is 1. The summed E-state index contributed by atoms with van der Waals surface area (Å²) in [6.45, 7) is 0. The van der Waals surface area contributed by atoms with Crippen LogP contribution in [-0.2, 0) is 0 Å². The number of nitrogens with zero attached hydrogens (tertiary/aromatic N) is 1. The van der Waals surface area contributed by atoms with Gasteiger partial charge >= 0.3 is 0 Å². The van der Waals surface area contributed by atoms with Gasteiger partial charge < -0.3 is 10.2 Å². The van der Waals surface area contributed by atoms with E-state index in [0.717, 1.165) is 22.0 Å². The average Bonchev–Trinajstić information content (AvgIpc) is 3.72. The summed E-state index contributed by atoms with van der Waals surface area (Å²) in [5, 5.41) is 6.24. The van der Waals surface area contributed by atoms with Gasteiger partial charge in [0.1, 0.15) is 0 Å². The van der Waals surface area contributed by atoms with Crippen molar-refractivity contribution in [2.75, 3.05) is 10.2 Å². The second kappa shape index (κ2) is 8.61. The van der Waals surface area contributed by atoms with Crippen LogP contribution in [-0.4, -0.2) is 0 Å². The Morgan fingerprint density at radius 3 is 2.03 bits per heavy atom. The van der Waals surface area contributed by atoms with Crippen molar-refractivity contribution in [1.29, 1.82) is 0 Å². The summed E-state index contributed by atoms with van der Waals surface area (Å²) in [5.74, 6) is 1.17. The van der Waals surface area contributed by atoms with Crippen molar-refractivity contribution in [3.8, 4) is 0 Å². The topological polar surface area (TPSA) is 15.3 Å². The number of fused-ring (bicyclic) bond motifs is 4. The average molecular weight is 483 g/mol. The van der Waals surface area contributed by atoms with Gasteiger partial charge in [-0.3, -0.25) is 0 Å². The van der Waals surface area contributed by atoms with Gasteiger partial charge in [-0.05, 0) is 72.4 Å². The third-order valence-electron chi connectivity index (χ3n) is 7.36. The molecule has 0 amide bonds. The van der Waals surface area contributed by atoms with E-state index < -0.39 is 0 Å². The van der Waals surface area contributed by atoms with E-state index in [-0.39, 0.29) is 0 Å². The minimum absolute atomic E-state index is 0.545. The van der Waals surface area contributed by atoms with Crippen molar-refractivity contribution in [3.63, 3.8) is 0 Å². The first kappa shape index (κ1) is 21.3. The lowest BCUT2D eigenvalue weighted by Crippen LogP contribution is -2.14. The van der Waals surface area contributed by atoms with Crippen molar-refractivity contribution in [2.24, 2.45) is 5.92 Å². The van der Waals surface area contributed by atoms with Crippen LogP contribution in [0.25, 0.3) is 16.8 Å². The van der Waals surface area contributed by atoms with Crippen LogP contribution in [0.4, 0.5) is 28.4 Å². The molecule has 0 radical (unpaired) electrons. The lowest BCUT2D eigenvalue weighted by atomic mass is 9.88. The van der Waals surface area contributed by atoms with E-state index in [9.17, 15) is 0 Å². The predicted molar refractivity (Wildman–Crippen MR) is 155 cm³/mol. The normalized spacial score (nSPS) is 17.4. The van der Waals surface area contributed by atoms with Gasteiger partial charge in [-0.15, -0.1) is 12.6 Å². The van der Waals surface area contributed by atoms with Gasteiger partial charge in [0.25, 0.3) is 0 Å². The number of hydrogen-bond donors (Lipinski definition) is 2. The quantitative estimate of drug-likeness (QED) is 0.192. The summed E-state index contributed by atoms with van der Waals surface area (Å²) in [6.07, 6.45) is 5.98. The minimum atomic E-state index is 0.545. The fraction of sp³-hybridized carbons (Fsp3) is 0.0909. The van der Waals surface area contributed by atoms with E-state index in [1.807, 2.05) is 0 Å². The Bertz CT molecular complexity index is 1550. The van der Waals surface area contributed by atoms with Crippen LogP contribution in [0.3, 0.4) is 0 Å². The smallest absolute Gasteiger partial charge is 0.0617 e. The van der Waals surface area contributed by atoms with Gasteiger partial charge in [0, 0.05) is 38.3 Å².